The van der Waals surface area contributed by atoms with Gasteiger partial charge in [0, 0.05) is 67.4 Å². The number of amides is 3. The van der Waals surface area contributed by atoms with E-state index in [-0.39, 0.29) is 43.7 Å². The molecule has 2 aromatic heterocycles. The highest BCUT2D eigenvalue weighted by atomic mass is 19.1. The van der Waals surface area contributed by atoms with Crippen LogP contribution >= 0.6 is 0 Å². The number of hydrogen-bond donors (Lipinski definition) is 2. The zero-order valence-electron chi connectivity index (χ0n) is 30.5. The van der Waals surface area contributed by atoms with Crippen molar-refractivity contribution in [2.24, 2.45) is 0 Å². The highest BCUT2D eigenvalue weighted by Gasteiger charge is 2.46. The van der Waals surface area contributed by atoms with Crippen LogP contribution in [-0.2, 0) is 19.1 Å². The number of halogens is 1. The van der Waals surface area contributed by atoms with Crippen LogP contribution in [0.15, 0.2) is 85.2 Å². The molecule has 2 fully saturated rings. The van der Waals surface area contributed by atoms with E-state index in [1.54, 1.807) is 36.7 Å². The van der Waals surface area contributed by atoms with E-state index in [4.69, 9.17) is 9.47 Å². The Balaban J connectivity index is 0.921. The number of rotatable bonds is 11. The number of aromatic nitrogens is 4. The molecular formula is C41H41FN8O5. The molecule has 3 amide bonds. The van der Waals surface area contributed by atoms with Crippen molar-refractivity contribution in [3.63, 3.8) is 0 Å². The Labute approximate surface area is 317 Å². The van der Waals surface area contributed by atoms with Gasteiger partial charge in [0.05, 0.1) is 24.3 Å². The number of ether oxygens (including phenoxy) is 2. The van der Waals surface area contributed by atoms with Gasteiger partial charge in [0.1, 0.15) is 18.1 Å². The van der Waals surface area contributed by atoms with E-state index in [0.29, 0.717) is 60.8 Å². The summed E-state index contributed by atoms with van der Waals surface area (Å²) in [5.41, 5.74) is 4.65. The van der Waals surface area contributed by atoms with E-state index in [1.165, 1.54) is 16.5 Å². The van der Waals surface area contributed by atoms with Crippen LogP contribution in [0.25, 0.3) is 39.1 Å². The molecule has 3 aliphatic rings. The third kappa shape index (κ3) is 7.42. The Hall–Kier alpha value is -5.99. The lowest BCUT2D eigenvalue weighted by Crippen LogP contribution is -2.49. The normalized spacial score (nSPS) is 18.8. The summed E-state index contributed by atoms with van der Waals surface area (Å²) in [5.74, 6) is -0.127. The zero-order valence-corrected chi connectivity index (χ0v) is 30.5. The van der Waals surface area contributed by atoms with Crippen LogP contribution < -0.4 is 10.2 Å². The second-order valence-electron chi connectivity index (χ2n) is 14.0. The van der Waals surface area contributed by atoms with E-state index in [2.05, 4.69) is 43.7 Å². The van der Waals surface area contributed by atoms with Crippen LogP contribution in [0, 0.1) is 5.82 Å². The number of carbonyl (C=O) groups excluding carboxylic acids is 3. The van der Waals surface area contributed by atoms with Gasteiger partial charge < -0.3 is 19.7 Å². The molecule has 0 spiro atoms. The molecule has 14 heteroatoms. The number of likely N-dealkylation sites (tertiary alicyclic amines) is 1. The first kappa shape index (κ1) is 36.0. The molecular weight excluding hydrogens is 703 g/mol. The molecule has 5 aromatic rings. The number of hydrogen-bond acceptors (Lipinski definition) is 9. The highest BCUT2D eigenvalue weighted by molar-refractivity contribution is 6.02. The number of aromatic amines is 1. The van der Waals surface area contributed by atoms with Gasteiger partial charge in [-0.1, -0.05) is 37.3 Å². The van der Waals surface area contributed by atoms with Crippen molar-refractivity contribution < 1.29 is 28.2 Å². The molecule has 1 unspecified atom stereocenters. The summed E-state index contributed by atoms with van der Waals surface area (Å²) in [5, 5.41) is 11.2. The molecule has 0 radical (unpaired) electrons. The molecule has 2 saturated heterocycles. The second-order valence-corrected chi connectivity index (χ2v) is 14.0. The molecule has 0 aliphatic carbocycles. The predicted molar refractivity (Wildman–Crippen MR) is 205 cm³/mol. The van der Waals surface area contributed by atoms with Crippen molar-refractivity contribution in [2.75, 3.05) is 62.7 Å². The summed E-state index contributed by atoms with van der Waals surface area (Å²) in [6.07, 6.45) is 6.89. The molecule has 1 atom stereocenters. The van der Waals surface area contributed by atoms with Gasteiger partial charge in [0.25, 0.3) is 5.91 Å². The van der Waals surface area contributed by atoms with Crippen molar-refractivity contribution in [1.29, 1.82) is 0 Å². The Bertz CT molecular complexity index is 2260. The number of nitrogens with zero attached hydrogens (tertiary/aromatic N) is 6. The standard InChI is InChI=1S/C41H41FN8O5/c1-2-21-55-41(14-19-48(26-41)25-36(51)49-17-12-28(13-18-49)27-4-6-29(7-5-27)38-43-15-3-16-44-38)39(52)45-31-9-11-34-32(24-31)37(47-46-34)30-8-10-33(42)35(23-30)50-20-22-54-40(50)53/h3-12,15-16,23-24H,2,13-14,17-22,25-26H2,1H3,(H,45,52)(H,46,47). The third-order valence-corrected chi connectivity index (χ3v) is 10.4. The molecule has 8 rings (SSSR count). The van der Waals surface area contributed by atoms with Gasteiger partial charge in [-0.3, -0.25) is 24.5 Å². The minimum atomic E-state index is -1.13. The first-order valence-electron chi connectivity index (χ1n) is 18.5. The lowest BCUT2D eigenvalue weighted by Gasteiger charge is -2.30. The molecule has 2 N–H and O–H groups in total. The zero-order chi connectivity index (χ0) is 37.9. The summed E-state index contributed by atoms with van der Waals surface area (Å²) in [6, 6.07) is 19.9. The van der Waals surface area contributed by atoms with Crippen molar-refractivity contribution >= 4 is 45.8 Å². The number of H-pyrrole nitrogens is 1. The van der Waals surface area contributed by atoms with Crippen LogP contribution in [0.1, 0.15) is 31.7 Å². The summed E-state index contributed by atoms with van der Waals surface area (Å²) >= 11 is 0. The van der Waals surface area contributed by atoms with Gasteiger partial charge >= 0.3 is 6.09 Å². The monoisotopic (exact) mass is 744 g/mol. The SMILES string of the molecule is CCCOC1(C(=O)Nc2ccc3[nH]nc(-c4ccc(F)c(N5CCOC5=O)c4)c3c2)CCN(CC(=O)N2CC=C(c3ccc(-c4ncccn4)cc3)CC2)C1. The summed E-state index contributed by atoms with van der Waals surface area (Å²) in [4.78, 5) is 53.5. The molecule has 0 saturated carbocycles. The van der Waals surface area contributed by atoms with Crippen LogP contribution in [0.5, 0.6) is 0 Å². The first-order chi connectivity index (χ1) is 26.8. The fourth-order valence-corrected chi connectivity index (χ4v) is 7.43. The van der Waals surface area contributed by atoms with Crippen LogP contribution in [-0.4, -0.2) is 106 Å². The second kappa shape index (κ2) is 15.4. The predicted octanol–water partition coefficient (Wildman–Crippen LogP) is 5.91. The number of benzene rings is 3. The minimum absolute atomic E-state index is 0.0158. The number of anilines is 2. The van der Waals surface area contributed by atoms with Gasteiger partial charge in [0.2, 0.25) is 5.91 Å². The third-order valence-electron chi connectivity index (χ3n) is 10.4. The molecule has 55 heavy (non-hydrogen) atoms. The molecule has 0 bridgehead atoms. The van der Waals surface area contributed by atoms with E-state index in [1.807, 2.05) is 41.0 Å². The number of fused-ring (bicyclic) bond motifs is 1. The lowest BCUT2D eigenvalue weighted by atomic mass is 9.98. The van der Waals surface area contributed by atoms with E-state index in [0.717, 1.165) is 29.5 Å². The summed E-state index contributed by atoms with van der Waals surface area (Å²) in [7, 11) is 0. The van der Waals surface area contributed by atoms with Crippen LogP contribution in [0.3, 0.4) is 0 Å². The fraction of sp³-hybridized carbons (Fsp3) is 0.317. The van der Waals surface area contributed by atoms with Crippen LogP contribution in [0.4, 0.5) is 20.6 Å². The summed E-state index contributed by atoms with van der Waals surface area (Å²) < 4.78 is 26.1. The quantitative estimate of drug-likeness (QED) is 0.169. The Kier molecular flexibility index (Phi) is 10.1. The maximum atomic E-state index is 14.8. The number of nitrogens with one attached hydrogen (secondary N) is 2. The molecule has 282 valence electrons. The summed E-state index contributed by atoms with van der Waals surface area (Å²) in [6.45, 7) is 4.99. The van der Waals surface area contributed by atoms with Gasteiger partial charge in [-0.25, -0.2) is 19.2 Å². The highest BCUT2D eigenvalue weighted by Crippen LogP contribution is 2.34. The topological polar surface area (TPSA) is 146 Å². The maximum Gasteiger partial charge on any atom is 0.414 e. The first-order valence-corrected chi connectivity index (χ1v) is 18.5. The van der Waals surface area contributed by atoms with E-state index < -0.39 is 17.5 Å². The van der Waals surface area contributed by atoms with Crippen molar-refractivity contribution in [1.82, 2.24) is 30.0 Å². The molecule has 5 heterocycles. The van der Waals surface area contributed by atoms with Gasteiger partial charge in [-0.05, 0) is 72.9 Å². The van der Waals surface area contributed by atoms with E-state index >= 15 is 0 Å². The van der Waals surface area contributed by atoms with Gasteiger partial charge in [-0.2, -0.15) is 5.10 Å². The van der Waals surface area contributed by atoms with Crippen molar-refractivity contribution in [3.05, 3.63) is 96.6 Å². The Morgan fingerprint density at radius 2 is 1.80 bits per heavy atom. The van der Waals surface area contributed by atoms with Crippen molar-refractivity contribution in [2.45, 2.75) is 31.8 Å². The van der Waals surface area contributed by atoms with Crippen molar-refractivity contribution in [3.8, 4) is 22.6 Å². The average molecular weight is 745 g/mol. The van der Waals surface area contributed by atoms with E-state index in [9.17, 15) is 18.8 Å². The minimum Gasteiger partial charge on any atom is -0.447 e. The maximum absolute atomic E-state index is 14.8. The smallest absolute Gasteiger partial charge is 0.414 e. The fourth-order valence-electron chi connectivity index (χ4n) is 7.43. The largest absolute Gasteiger partial charge is 0.447 e. The van der Waals surface area contributed by atoms with Gasteiger partial charge in [0.15, 0.2) is 11.4 Å². The number of carbonyl (C=O) groups is 3. The molecule has 13 nitrogen and oxygen atoms in total. The Morgan fingerprint density at radius 1 is 1.00 bits per heavy atom. The Morgan fingerprint density at radius 3 is 2.55 bits per heavy atom. The molecule has 3 aliphatic heterocycles. The van der Waals surface area contributed by atoms with Gasteiger partial charge in [-0.15, -0.1) is 0 Å². The average Bonchev–Trinajstić information content (AvgIpc) is 3.96. The number of cyclic esters (lactones) is 1. The molecule has 3 aromatic carbocycles. The van der Waals surface area contributed by atoms with Crippen LogP contribution in [0.2, 0.25) is 0 Å². The lowest BCUT2D eigenvalue weighted by molar-refractivity contribution is -0.141.